The third kappa shape index (κ3) is 7.28. The highest BCUT2D eigenvalue weighted by Gasteiger charge is 2.13. The van der Waals surface area contributed by atoms with Gasteiger partial charge < -0.3 is 5.11 Å². The Balaban J connectivity index is 2.60. The van der Waals surface area contributed by atoms with E-state index in [0.29, 0.717) is 23.9 Å². The Morgan fingerprint density at radius 3 is 1.90 bits per heavy atom. The van der Waals surface area contributed by atoms with Gasteiger partial charge in [0, 0.05) is 5.56 Å². The van der Waals surface area contributed by atoms with Gasteiger partial charge in [0.05, 0.1) is 6.54 Å². The van der Waals surface area contributed by atoms with Crippen molar-refractivity contribution in [1.29, 1.82) is 0 Å². The number of ketones is 1. The van der Waals surface area contributed by atoms with E-state index in [1.54, 1.807) is 24.3 Å². The summed E-state index contributed by atoms with van der Waals surface area (Å²) in [7, 11) is 0. The number of nitrogens with zero attached hydrogens (tertiary/aromatic N) is 1. The van der Waals surface area contributed by atoms with Crippen molar-refractivity contribution in [3.63, 3.8) is 0 Å². The maximum absolute atomic E-state index is 12.3. The maximum Gasteiger partial charge on any atom is 0.176 e. The summed E-state index contributed by atoms with van der Waals surface area (Å²) in [5.41, 5.74) is 0.673. The van der Waals surface area contributed by atoms with Gasteiger partial charge in [0.15, 0.2) is 5.78 Å². The van der Waals surface area contributed by atoms with Crippen molar-refractivity contribution in [2.45, 2.75) is 40.5 Å². The predicted octanol–water partition coefficient (Wildman–Crippen LogP) is 3.97. The first-order valence-electron chi connectivity index (χ1n) is 7.93. The highest BCUT2D eigenvalue weighted by Crippen LogP contribution is 2.12. The first-order valence-corrected chi connectivity index (χ1v) is 7.93. The molecule has 3 nitrogen and oxygen atoms in total. The number of Topliss-reactive ketones (excluding diaryl/α,β-unsaturated/α-hetero) is 1. The Labute approximate surface area is 129 Å². The van der Waals surface area contributed by atoms with Gasteiger partial charge in [-0.05, 0) is 62.0 Å². The second-order valence-corrected chi connectivity index (χ2v) is 6.61. The summed E-state index contributed by atoms with van der Waals surface area (Å²) in [5.74, 6) is 1.62. The number of rotatable bonds is 9. The van der Waals surface area contributed by atoms with Gasteiger partial charge in [-0.3, -0.25) is 9.69 Å². The number of benzene rings is 1. The van der Waals surface area contributed by atoms with Gasteiger partial charge in [-0.15, -0.1) is 0 Å². The molecule has 0 radical (unpaired) electrons. The lowest BCUT2D eigenvalue weighted by molar-refractivity contribution is 0.0923. The molecule has 0 aliphatic rings. The third-order valence-corrected chi connectivity index (χ3v) is 3.60. The van der Waals surface area contributed by atoms with Gasteiger partial charge in [-0.1, -0.05) is 27.7 Å². The van der Waals surface area contributed by atoms with Gasteiger partial charge >= 0.3 is 0 Å². The molecule has 0 aliphatic heterocycles. The fourth-order valence-electron chi connectivity index (χ4n) is 2.09. The van der Waals surface area contributed by atoms with Crippen molar-refractivity contribution < 1.29 is 9.90 Å². The zero-order valence-electron chi connectivity index (χ0n) is 13.8. The lowest BCUT2D eigenvalue weighted by atomic mass is 10.1. The van der Waals surface area contributed by atoms with Crippen LogP contribution in [0, 0.1) is 11.8 Å². The van der Waals surface area contributed by atoms with E-state index in [4.69, 9.17) is 0 Å². The molecular formula is C18H29NO2. The van der Waals surface area contributed by atoms with Crippen molar-refractivity contribution in [2.24, 2.45) is 11.8 Å². The van der Waals surface area contributed by atoms with Crippen molar-refractivity contribution in [3.8, 4) is 5.75 Å². The van der Waals surface area contributed by atoms with E-state index in [9.17, 15) is 9.90 Å². The topological polar surface area (TPSA) is 40.5 Å². The molecule has 0 bridgehead atoms. The van der Waals surface area contributed by atoms with E-state index in [2.05, 4.69) is 32.6 Å². The van der Waals surface area contributed by atoms with Crippen LogP contribution < -0.4 is 0 Å². The highest BCUT2D eigenvalue weighted by molar-refractivity contribution is 5.97. The summed E-state index contributed by atoms with van der Waals surface area (Å²) in [5, 5.41) is 9.29. The second-order valence-electron chi connectivity index (χ2n) is 6.61. The Morgan fingerprint density at radius 2 is 1.48 bits per heavy atom. The summed E-state index contributed by atoms with van der Waals surface area (Å²) in [6.45, 7) is 11.2. The number of phenolic OH excluding ortho intramolecular Hbond substituents is 1. The van der Waals surface area contributed by atoms with E-state index in [0.717, 1.165) is 25.9 Å². The summed E-state index contributed by atoms with van der Waals surface area (Å²) in [6.07, 6.45) is 2.22. The van der Waals surface area contributed by atoms with Crippen molar-refractivity contribution in [2.75, 3.05) is 19.6 Å². The summed E-state index contributed by atoms with van der Waals surface area (Å²) >= 11 is 0. The number of aromatic hydroxyl groups is 1. The van der Waals surface area contributed by atoms with E-state index in [-0.39, 0.29) is 11.5 Å². The molecule has 0 saturated carbocycles. The molecule has 1 aromatic carbocycles. The van der Waals surface area contributed by atoms with Gasteiger partial charge in [0.1, 0.15) is 5.75 Å². The molecule has 0 atom stereocenters. The fraction of sp³-hybridized carbons (Fsp3) is 0.611. The molecule has 21 heavy (non-hydrogen) atoms. The minimum absolute atomic E-state index is 0.127. The van der Waals surface area contributed by atoms with Crippen LogP contribution in [0.15, 0.2) is 24.3 Å². The standard InChI is InChI=1S/C18H29NO2/c1-14(2)9-11-19(12-10-15(3)4)13-18(21)16-5-7-17(20)8-6-16/h5-8,14-15,20H,9-13H2,1-4H3. The Bertz CT molecular complexity index is 411. The molecule has 118 valence electrons. The van der Waals surface area contributed by atoms with Crippen LogP contribution in [0.1, 0.15) is 50.9 Å². The van der Waals surface area contributed by atoms with Gasteiger partial charge in [-0.2, -0.15) is 0 Å². The number of carbonyl (C=O) groups excluding carboxylic acids is 1. The lowest BCUT2D eigenvalue weighted by Crippen LogP contribution is -2.33. The van der Waals surface area contributed by atoms with Crippen LogP contribution in [0.2, 0.25) is 0 Å². The number of hydrogen-bond donors (Lipinski definition) is 1. The van der Waals surface area contributed by atoms with Crippen LogP contribution >= 0.6 is 0 Å². The third-order valence-electron chi connectivity index (χ3n) is 3.60. The minimum atomic E-state index is 0.127. The predicted molar refractivity (Wildman–Crippen MR) is 87.8 cm³/mol. The van der Waals surface area contributed by atoms with Crippen LogP contribution in [-0.4, -0.2) is 35.4 Å². The molecule has 0 saturated heterocycles. The molecular weight excluding hydrogens is 262 g/mol. The zero-order valence-corrected chi connectivity index (χ0v) is 13.8. The van der Waals surface area contributed by atoms with Crippen molar-refractivity contribution >= 4 is 5.78 Å². The number of phenols is 1. The molecule has 0 unspecified atom stereocenters. The highest BCUT2D eigenvalue weighted by atomic mass is 16.3. The lowest BCUT2D eigenvalue weighted by Gasteiger charge is -2.23. The monoisotopic (exact) mass is 291 g/mol. The molecule has 1 rings (SSSR count). The van der Waals surface area contributed by atoms with Crippen LogP contribution in [0.3, 0.4) is 0 Å². The summed E-state index contributed by atoms with van der Waals surface area (Å²) in [4.78, 5) is 14.6. The van der Waals surface area contributed by atoms with Crippen LogP contribution in [0.5, 0.6) is 5.75 Å². The SMILES string of the molecule is CC(C)CCN(CCC(C)C)CC(=O)c1ccc(O)cc1. The average Bonchev–Trinajstić information content (AvgIpc) is 2.42. The smallest absolute Gasteiger partial charge is 0.176 e. The van der Waals surface area contributed by atoms with E-state index in [1.165, 1.54) is 0 Å². The van der Waals surface area contributed by atoms with Crippen LogP contribution in [-0.2, 0) is 0 Å². The molecule has 1 aromatic rings. The van der Waals surface area contributed by atoms with Gasteiger partial charge in [0.25, 0.3) is 0 Å². The Hall–Kier alpha value is -1.35. The molecule has 0 amide bonds. The molecule has 0 spiro atoms. The number of carbonyl (C=O) groups is 1. The summed E-state index contributed by atoms with van der Waals surface area (Å²) < 4.78 is 0. The van der Waals surface area contributed by atoms with E-state index in [1.807, 2.05) is 0 Å². The largest absolute Gasteiger partial charge is 0.508 e. The molecule has 0 aliphatic carbocycles. The van der Waals surface area contributed by atoms with E-state index < -0.39 is 0 Å². The maximum atomic E-state index is 12.3. The quantitative estimate of drug-likeness (QED) is 0.700. The normalized spacial score (nSPS) is 11.6. The van der Waals surface area contributed by atoms with Crippen LogP contribution in [0.25, 0.3) is 0 Å². The fourth-order valence-corrected chi connectivity index (χ4v) is 2.09. The summed E-state index contributed by atoms with van der Waals surface area (Å²) in [6, 6.07) is 6.53. The van der Waals surface area contributed by atoms with Crippen molar-refractivity contribution in [3.05, 3.63) is 29.8 Å². The zero-order chi connectivity index (χ0) is 15.8. The Kier molecular flexibility index (Phi) is 7.44. The molecule has 3 heteroatoms. The molecule has 0 aromatic heterocycles. The van der Waals surface area contributed by atoms with Gasteiger partial charge in [-0.25, -0.2) is 0 Å². The molecule has 0 heterocycles. The van der Waals surface area contributed by atoms with Crippen LogP contribution in [0.4, 0.5) is 0 Å². The second kappa shape index (κ2) is 8.83. The molecule has 0 fully saturated rings. The number of hydrogen-bond acceptors (Lipinski definition) is 3. The van der Waals surface area contributed by atoms with Gasteiger partial charge in [0.2, 0.25) is 0 Å². The Morgan fingerprint density at radius 1 is 1.00 bits per heavy atom. The minimum Gasteiger partial charge on any atom is -0.508 e. The first kappa shape index (κ1) is 17.7. The van der Waals surface area contributed by atoms with Crippen molar-refractivity contribution in [1.82, 2.24) is 4.90 Å². The first-order chi connectivity index (χ1) is 9.88. The van der Waals surface area contributed by atoms with E-state index >= 15 is 0 Å². The molecule has 1 N–H and O–H groups in total. The average molecular weight is 291 g/mol.